The number of para-hydroxylation sites is 1. The number of hydrogen-bond donors (Lipinski definition) is 3. The molecule has 4 rings (SSSR count). The summed E-state index contributed by atoms with van der Waals surface area (Å²) in [5, 5.41) is 31.6. The predicted molar refractivity (Wildman–Crippen MR) is 135 cm³/mol. The van der Waals surface area contributed by atoms with Crippen molar-refractivity contribution in [1.29, 1.82) is 0 Å². The van der Waals surface area contributed by atoms with Crippen molar-refractivity contribution in [2.75, 3.05) is 0 Å². The van der Waals surface area contributed by atoms with Crippen LogP contribution in [0.5, 0.6) is 5.75 Å². The summed E-state index contributed by atoms with van der Waals surface area (Å²) < 4.78 is 1.68. The molecule has 0 aliphatic heterocycles. The van der Waals surface area contributed by atoms with Gasteiger partial charge >= 0.3 is 5.97 Å². The van der Waals surface area contributed by atoms with E-state index in [0.29, 0.717) is 22.7 Å². The predicted octanol–water partition coefficient (Wildman–Crippen LogP) is 6.75. The second-order valence-electron chi connectivity index (χ2n) is 10.4. The van der Waals surface area contributed by atoms with Crippen molar-refractivity contribution in [2.24, 2.45) is 21.6 Å². The van der Waals surface area contributed by atoms with Crippen LogP contribution in [0.4, 0.5) is 11.4 Å². The summed E-state index contributed by atoms with van der Waals surface area (Å²) in [5.41, 5.74) is 2.20. The quantitative estimate of drug-likeness (QED) is 0.353. The summed E-state index contributed by atoms with van der Waals surface area (Å²) in [6.45, 7) is 8.61. The first-order valence-corrected chi connectivity index (χ1v) is 11.9. The molecule has 0 spiro atoms. The maximum Gasteiger partial charge on any atom is 0.335 e. The number of rotatable bonds is 5. The molecule has 0 bridgehead atoms. The van der Waals surface area contributed by atoms with E-state index in [1.54, 1.807) is 41.9 Å². The average molecular weight is 477 g/mol. The average Bonchev–Trinajstić information content (AvgIpc) is 3.11. The Hall–Kier alpha value is -3.68. The number of aromatic carboxylic acids is 1. The molecular formula is C27H32N4O4. The van der Waals surface area contributed by atoms with Crippen molar-refractivity contribution in [3.8, 4) is 16.9 Å². The first-order chi connectivity index (χ1) is 16.6. The zero-order valence-corrected chi connectivity index (χ0v) is 20.6. The third kappa shape index (κ3) is 5.06. The molecule has 1 aromatic heterocycles. The highest BCUT2D eigenvalue weighted by Gasteiger charge is 2.31. The van der Waals surface area contributed by atoms with Gasteiger partial charge in [-0.25, -0.2) is 9.48 Å². The topological polar surface area (TPSA) is 120 Å². The number of carbonyl (C=O) groups is 1. The molecule has 0 radical (unpaired) electrons. The zero-order chi connectivity index (χ0) is 25.3. The highest BCUT2D eigenvalue weighted by molar-refractivity contribution is 5.90. The van der Waals surface area contributed by atoms with Crippen LogP contribution >= 0.6 is 0 Å². The van der Waals surface area contributed by atoms with Gasteiger partial charge in [0, 0.05) is 5.56 Å². The van der Waals surface area contributed by atoms with Gasteiger partial charge in [0.1, 0.15) is 5.69 Å². The number of aromatic amines is 1. The van der Waals surface area contributed by atoms with Gasteiger partial charge in [0.15, 0.2) is 11.4 Å². The molecule has 3 aromatic rings. The Bertz CT molecular complexity index is 1320. The number of nitrogens with zero attached hydrogens (tertiary/aromatic N) is 3. The van der Waals surface area contributed by atoms with Crippen molar-refractivity contribution in [2.45, 2.75) is 59.4 Å². The summed E-state index contributed by atoms with van der Waals surface area (Å²) in [6, 6.07) is 11.4. The normalized spacial score (nSPS) is 18.7. The summed E-state index contributed by atoms with van der Waals surface area (Å²) in [5.74, 6) is -0.530. The van der Waals surface area contributed by atoms with Crippen LogP contribution in [0.1, 0.15) is 68.5 Å². The molecule has 184 valence electrons. The van der Waals surface area contributed by atoms with E-state index in [4.69, 9.17) is 0 Å². The second kappa shape index (κ2) is 9.52. The third-order valence-corrected chi connectivity index (χ3v) is 7.04. The van der Waals surface area contributed by atoms with Gasteiger partial charge in [-0.15, -0.1) is 10.2 Å². The zero-order valence-electron chi connectivity index (χ0n) is 20.6. The number of aryl methyl sites for hydroxylation is 1. The largest absolute Gasteiger partial charge is 0.505 e. The van der Waals surface area contributed by atoms with Crippen LogP contribution in [0.15, 0.2) is 57.5 Å². The van der Waals surface area contributed by atoms with Crippen molar-refractivity contribution in [3.63, 3.8) is 0 Å². The van der Waals surface area contributed by atoms with Gasteiger partial charge in [-0.3, -0.25) is 9.89 Å². The minimum Gasteiger partial charge on any atom is -0.505 e. The Morgan fingerprint density at radius 2 is 1.74 bits per heavy atom. The monoisotopic (exact) mass is 476 g/mol. The van der Waals surface area contributed by atoms with Crippen LogP contribution in [0, 0.1) is 18.3 Å². The van der Waals surface area contributed by atoms with Gasteiger partial charge in [0.2, 0.25) is 0 Å². The number of aromatic nitrogens is 2. The summed E-state index contributed by atoms with van der Waals surface area (Å²) in [7, 11) is 0. The molecule has 1 saturated carbocycles. The number of benzene rings is 2. The molecule has 1 fully saturated rings. The van der Waals surface area contributed by atoms with Crippen LogP contribution in [-0.2, 0) is 0 Å². The number of azo groups is 1. The number of phenols is 1. The first-order valence-electron chi connectivity index (χ1n) is 11.9. The fourth-order valence-electron chi connectivity index (χ4n) is 4.90. The van der Waals surface area contributed by atoms with Crippen LogP contribution < -0.4 is 5.56 Å². The fraction of sp³-hybridized carbons (Fsp3) is 0.407. The number of carboxylic acid groups (broad SMARTS) is 1. The van der Waals surface area contributed by atoms with Crippen molar-refractivity contribution < 1.29 is 15.0 Å². The first kappa shape index (κ1) is 24.4. The Morgan fingerprint density at radius 1 is 1.06 bits per heavy atom. The number of hydrogen-bond acceptors (Lipinski definition) is 5. The molecule has 0 amide bonds. The molecule has 3 N–H and O–H groups in total. The van der Waals surface area contributed by atoms with E-state index in [1.165, 1.54) is 12.1 Å². The lowest BCUT2D eigenvalue weighted by Gasteiger charge is -2.37. The molecule has 0 atom stereocenters. The number of H-pyrrole nitrogens is 1. The van der Waals surface area contributed by atoms with E-state index in [0.717, 1.165) is 25.7 Å². The number of phenolic OH excluding ortho intramolecular Hbond substituents is 1. The van der Waals surface area contributed by atoms with Crippen molar-refractivity contribution >= 4 is 17.3 Å². The maximum atomic E-state index is 13.1. The van der Waals surface area contributed by atoms with Crippen LogP contribution in [0.3, 0.4) is 0 Å². The van der Waals surface area contributed by atoms with Gasteiger partial charge in [0.05, 0.1) is 17.3 Å². The lowest BCUT2D eigenvalue weighted by molar-refractivity contribution is 0.0697. The van der Waals surface area contributed by atoms with Gasteiger partial charge in [0.25, 0.3) is 5.56 Å². The minimum atomic E-state index is -1.05. The molecule has 0 saturated heterocycles. The van der Waals surface area contributed by atoms with Crippen molar-refractivity contribution in [3.05, 3.63) is 64.1 Å². The molecule has 0 unspecified atom stereocenters. The Morgan fingerprint density at radius 3 is 2.40 bits per heavy atom. The molecule has 1 heterocycles. The summed E-state index contributed by atoms with van der Waals surface area (Å²) >= 11 is 0. The van der Waals surface area contributed by atoms with E-state index in [9.17, 15) is 19.8 Å². The van der Waals surface area contributed by atoms with E-state index in [2.05, 4.69) is 36.1 Å². The molecular weight excluding hydrogens is 444 g/mol. The van der Waals surface area contributed by atoms with Gasteiger partial charge in [-0.05, 0) is 67.7 Å². The number of aromatic hydroxyl groups is 1. The third-order valence-electron chi connectivity index (χ3n) is 7.04. The summed E-state index contributed by atoms with van der Waals surface area (Å²) in [4.78, 5) is 24.4. The highest BCUT2D eigenvalue weighted by atomic mass is 16.4. The van der Waals surface area contributed by atoms with Crippen LogP contribution in [-0.4, -0.2) is 26.0 Å². The van der Waals surface area contributed by atoms with Crippen molar-refractivity contribution in [1.82, 2.24) is 9.78 Å². The van der Waals surface area contributed by atoms with Gasteiger partial charge < -0.3 is 10.2 Å². The molecule has 35 heavy (non-hydrogen) atoms. The van der Waals surface area contributed by atoms with Crippen LogP contribution in [0.25, 0.3) is 11.1 Å². The summed E-state index contributed by atoms with van der Waals surface area (Å²) in [6.07, 6.45) is 4.05. The lowest BCUT2D eigenvalue weighted by Crippen LogP contribution is -2.30. The maximum absolute atomic E-state index is 13.1. The number of nitrogens with one attached hydrogen (secondary N) is 1. The van der Waals surface area contributed by atoms with E-state index >= 15 is 0 Å². The Labute approximate surface area is 204 Å². The van der Waals surface area contributed by atoms with Crippen LogP contribution in [0.2, 0.25) is 0 Å². The standard InChI is InChI=1S/C27H32N4O4/c1-16-23(25(33)31(30-16)20-13-11-19(12-14-20)27(2,3)4)29-28-22-10-6-9-21(24(22)32)17-7-5-8-18(15-17)26(34)35/h5-10,15,19-20,30,32H,11-14H2,1-4H3,(H,34,35). The molecule has 8 nitrogen and oxygen atoms in total. The highest BCUT2D eigenvalue weighted by Crippen LogP contribution is 2.41. The minimum absolute atomic E-state index is 0.113. The van der Waals surface area contributed by atoms with E-state index < -0.39 is 5.97 Å². The second-order valence-corrected chi connectivity index (χ2v) is 10.4. The Balaban J connectivity index is 1.58. The van der Waals surface area contributed by atoms with Gasteiger partial charge in [-0.2, -0.15) is 0 Å². The smallest absolute Gasteiger partial charge is 0.335 e. The lowest BCUT2D eigenvalue weighted by atomic mass is 9.71. The fourth-order valence-corrected chi connectivity index (χ4v) is 4.90. The molecule has 1 aliphatic rings. The SMILES string of the molecule is Cc1[nH]n(C2CCC(C(C)(C)C)CC2)c(=O)c1N=Nc1cccc(-c2cccc(C(=O)O)c2)c1O. The molecule has 1 aliphatic carbocycles. The van der Waals surface area contributed by atoms with E-state index in [-0.39, 0.29) is 39.7 Å². The van der Waals surface area contributed by atoms with E-state index in [1.807, 2.05) is 0 Å². The number of carboxylic acids is 1. The Kier molecular flexibility index (Phi) is 6.65. The molecule has 8 heteroatoms. The van der Waals surface area contributed by atoms with Gasteiger partial charge in [-0.1, -0.05) is 45.0 Å². The molecule has 2 aromatic carbocycles.